The van der Waals surface area contributed by atoms with Gasteiger partial charge < -0.3 is 4.90 Å². The average Bonchev–Trinajstić information content (AvgIpc) is 2.63. The zero-order valence-electron chi connectivity index (χ0n) is 9.90. The van der Waals surface area contributed by atoms with Crippen molar-refractivity contribution in [3.63, 3.8) is 0 Å². The SMILES string of the molecule is CC(=O)c1cnc(N2CCCC(C)CC2)s1. The first kappa shape index (κ1) is 11.6. The summed E-state index contributed by atoms with van der Waals surface area (Å²) in [6, 6.07) is 0. The number of hydrogen-bond acceptors (Lipinski definition) is 4. The molecule has 0 radical (unpaired) electrons. The van der Waals surface area contributed by atoms with Crippen LogP contribution in [0.15, 0.2) is 6.20 Å². The first-order chi connectivity index (χ1) is 7.66. The van der Waals surface area contributed by atoms with Crippen LogP contribution >= 0.6 is 11.3 Å². The van der Waals surface area contributed by atoms with E-state index < -0.39 is 0 Å². The molecule has 0 N–H and O–H groups in total. The van der Waals surface area contributed by atoms with Crippen LogP contribution in [-0.2, 0) is 0 Å². The summed E-state index contributed by atoms with van der Waals surface area (Å²) in [5.74, 6) is 0.934. The lowest BCUT2D eigenvalue weighted by Gasteiger charge is -2.18. The van der Waals surface area contributed by atoms with E-state index in [9.17, 15) is 4.79 Å². The molecule has 1 atom stereocenters. The molecule has 0 aliphatic carbocycles. The number of carbonyl (C=O) groups is 1. The fourth-order valence-electron chi connectivity index (χ4n) is 2.03. The van der Waals surface area contributed by atoms with Crippen molar-refractivity contribution in [1.29, 1.82) is 0 Å². The van der Waals surface area contributed by atoms with Crippen LogP contribution in [0.1, 0.15) is 42.8 Å². The number of rotatable bonds is 2. The maximum atomic E-state index is 11.2. The van der Waals surface area contributed by atoms with Gasteiger partial charge in [-0.3, -0.25) is 4.79 Å². The van der Waals surface area contributed by atoms with E-state index in [0.717, 1.165) is 29.0 Å². The minimum atomic E-state index is 0.118. The van der Waals surface area contributed by atoms with Gasteiger partial charge in [0, 0.05) is 20.0 Å². The Morgan fingerprint density at radius 1 is 1.50 bits per heavy atom. The first-order valence-corrected chi connectivity index (χ1v) is 6.70. The van der Waals surface area contributed by atoms with E-state index in [1.54, 1.807) is 13.1 Å². The summed E-state index contributed by atoms with van der Waals surface area (Å²) in [4.78, 5) is 18.7. The standard InChI is InChI=1S/C12H18N2OS/c1-9-4-3-6-14(7-5-9)12-13-8-11(16-12)10(2)15/h8-9H,3-7H2,1-2H3. The fraction of sp³-hybridized carbons (Fsp3) is 0.667. The second kappa shape index (κ2) is 4.95. The Labute approximate surface area is 100 Å². The van der Waals surface area contributed by atoms with Gasteiger partial charge in [0.25, 0.3) is 0 Å². The second-order valence-corrected chi connectivity index (χ2v) is 5.60. The molecule has 1 fully saturated rings. The zero-order chi connectivity index (χ0) is 11.5. The Kier molecular flexibility index (Phi) is 3.59. The Bertz CT molecular complexity index is 375. The summed E-state index contributed by atoms with van der Waals surface area (Å²) in [6.07, 6.45) is 5.48. The lowest BCUT2D eigenvalue weighted by Crippen LogP contribution is -2.23. The Balaban J connectivity index is 2.07. The summed E-state index contributed by atoms with van der Waals surface area (Å²) in [6.45, 7) is 6.06. The second-order valence-electron chi connectivity index (χ2n) is 4.59. The molecule has 16 heavy (non-hydrogen) atoms. The van der Waals surface area contributed by atoms with Crippen molar-refractivity contribution in [3.8, 4) is 0 Å². The Morgan fingerprint density at radius 2 is 2.31 bits per heavy atom. The smallest absolute Gasteiger partial charge is 0.185 e. The number of anilines is 1. The summed E-state index contributed by atoms with van der Waals surface area (Å²) < 4.78 is 0. The van der Waals surface area contributed by atoms with E-state index in [4.69, 9.17) is 0 Å². The molecular weight excluding hydrogens is 220 g/mol. The van der Waals surface area contributed by atoms with Gasteiger partial charge in [-0.15, -0.1) is 0 Å². The summed E-state index contributed by atoms with van der Waals surface area (Å²) in [7, 11) is 0. The van der Waals surface area contributed by atoms with E-state index in [1.165, 1.54) is 30.6 Å². The number of nitrogens with zero attached hydrogens (tertiary/aromatic N) is 2. The normalized spacial score (nSPS) is 21.9. The van der Waals surface area contributed by atoms with Crippen LogP contribution in [0.4, 0.5) is 5.13 Å². The van der Waals surface area contributed by atoms with Crippen LogP contribution in [0.5, 0.6) is 0 Å². The van der Waals surface area contributed by atoms with Crippen LogP contribution < -0.4 is 4.90 Å². The third kappa shape index (κ3) is 2.61. The van der Waals surface area contributed by atoms with Gasteiger partial charge in [-0.1, -0.05) is 18.3 Å². The van der Waals surface area contributed by atoms with Gasteiger partial charge in [0.15, 0.2) is 10.9 Å². The first-order valence-electron chi connectivity index (χ1n) is 5.88. The van der Waals surface area contributed by atoms with Gasteiger partial charge in [-0.2, -0.15) is 0 Å². The summed E-state index contributed by atoms with van der Waals surface area (Å²) in [5.41, 5.74) is 0. The van der Waals surface area contributed by atoms with Crippen LogP contribution in [-0.4, -0.2) is 23.9 Å². The van der Waals surface area contributed by atoms with Gasteiger partial charge in [0.2, 0.25) is 0 Å². The van der Waals surface area contributed by atoms with Crippen molar-refractivity contribution in [1.82, 2.24) is 4.98 Å². The minimum Gasteiger partial charge on any atom is -0.348 e. The molecule has 1 unspecified atom stereocenters. The van der Waals surface area contributed by atoms with Crippen molar-refractivity contribution >= 4 is 22.3 Å². The maximum Gasteiger partial charge on any atom is 0.185 e. The Hall–Kier alpha value is -0.900. The van der Waals surface area contributed by atoms with Crippen molar-refractivity contribution in [3.05, 3.63) is 11.1 Å². The quantitative estimate of drug-likeness (QED) is 0.743. The van der Waals surface area contributed by atoms with Crippen LogP contribution in [0.3, 0.4) is 0 Å². The fourth-order valence-corrected chi connectivity index (χ4v) is 2.89. The molecule has 1 aliphatic rings. The molecule has 1 saturated heterocycles. The van der Waals surface area contributed by atoms with Crippen LogP contribution in [0.25, 0.3) is 0 Å². The highest BCUT2D eigenvalue weighted by Crippen LogP contribution is 2.26. The van der Waals surface area contributed by atoms with Gasteiger partial charge >= 0.3 is 0 Å². The molecular formula is C12H18N2OS. The number of Topliss-reactive ketones (excluding diaryl/α,β-unsaturated/α-hetero) is 1. The molecule has 0 bridgehead atoms. The predicted molar refractivity (Wildman–Crippen MR) is 67.3 cm³/mol. The highest BCUT2D eigenvalue weighted by atomic mass is 32.1. The lowest BCUT2D eigenvalue weighted by atomic mass is 10.0. The highest BCUT2D eigenvalue weighted by Gasteiger charge is 2.17. The van der Waals surface area contributed by atoms with E-state index in [-0.39, 0.29) is 5.78 Å². The van der Waals surface area contributed by atoms with Crippen molar-refractivity contribution < 1.29 is 4.79 Å². The summed E-state index contributed by atoms with van der Waals surface area (Å²) >= 11 is 1.52. The number of aromatic nitrogens is 1. The molecule has 2 rings (SSSR count). The molecule has 1 aromatic heterocycles. The number of thiazole rings is 1. The Morgan fingerprint density at radius 3 is 3.00 bits per heavy atom. The zero-order valence-corrected chi connectivity index (χ0v) is 10.7. The molecule has 1 aliphatic heterocycles. The van der Waals surface area contributed by atoms with Gasteiger partial charge in [-0.05, 0) is 25.2 Å². The molecule has 88 valence electrons. The van der Waals surface area contributed by atoms with Crippen molar-refractivity contribution in [2.24, 2.45) is 5.92 Å². The van der Waals surface area contributed by atoms with E-state index >= 15 is 0 Å². The van der Waals surface area contributed by atoms with Crippen molar-refractivity contribution in [2.45, 2.75) is 33.1 Å². The topological polar surface area (TPSA) is 33.2 Å². The molecule has 0 amide bonds. The number of carbonyl (C=O) groups excluding carboxylic acids is 1. The molecule has 0 aromatic carbocycles. The third-order valence-corrected chi connectivity index (χ3v) is 4.29. The molecule has 0 spiro atoms. The van der Waals surface area contributed by atoms with Gasteiger partial charge in [0.05, 0.1) is 11.1 Å². The van der Waals surface area contributed by atoms with E-state index in [2.05, 4.69) is 16.8 Å². The monoisotopic (exact) mass is 238 g/mol. The van der Waals surface area contributed by atoms with Gasteiger partial charge in [-0.25, -0.2) is 4.98 Å². The van der Waals surface area contributed by atoms with Gasteiger partial charge in [0.1, 0.15) is 0 Å². The predicted octanol–water partition coefficient (Wildman–Crippen LogP) is 2.97. The number of ketones is 1. The molecule has 2 heterocycles. The van der Waals surface area contributed by atoms with Crippen molar-refractivity contribution in [2.75, 3.05) is 18.0 Å². The molecule has 3 nitrogen and oxygen atoms in total. The van der Waals surface area contributed by atoms with E-state index in [0.29, 0.717) is 0 Å². The molecule has 0 saturated carbocycles. The van der Waals surface area contributed by atoms with E-state index in [1.807, 2.05) is 0 Å². The van der Waals surface area contributed by atoms with Crippen LogP contribution in [0.2, 0.25) is 0 Å². The average molecular weight is 238 g/mol. The lowest BCUT2D eigenvalue weighted by molar-refractivity contribution is 0.102. The summed E-state index contributed by atoms with van der Waals surface area (Å²) in [5, 5.41) is 1.01. The maximum absolute atomic E-state index is 11.2. The highest BCUT2D eigenvalue weighted by molar-refractivity contribution is 7.17. The molecule has 4 heteroatoms. The third-order valence-electron chi connectivity index (χ3n) is 3.13. The number of hydrogen-bond donors (Lipinski definition) is 0. The largest absolute Gasteiger partial charge is 0.348 e. The minimum absolute atomic E-state index is 0.118. The molecule has 1 aromatic rings. The van der Waals surface area contributed by atoms with Crippen LogP contribution in [0, 0.1) is 5.92 Å².